The van der Waals surface area contributed by atoms with Crippen molar-refractivity contribution in [2.24, 2.45) is 0 Å². The molecule has 1 heterocycles. The molecule has 0 atom stereocenters. The van der Waals surface area contributed by atoms with E-state index in [0.29, 0.717) is 11.5 Å². The van der Waals surface area contributed by atoms with Gasteiger partial charge in [-0.15, -0.1) is 0 Å². The van der Waals surface area contributed by atoms with Crippen LogP contribution in [0.4, 0.5) is 17.3 Å². The fourth-order valence-corrected chi connectivity index (χ4v) is 2.48. The van der Waals surface area contributed by atoms with Gasteiger partial charge in [-0.05, 0) is 50.6 Å². The van der Waals surface area contributed by atoms with Gasteiger partial charge >= 0.3 is 0 Å². The van der Waals surface area contributed by atoms with E-state index in [1.807, 2.05) is 69.3 Å². The molecule has 3 rings (SSSR count). The van der Waals surface area contributed by atoms with Gasteiger partial charge in [0.05, 0.1) is 17.4 Å². The fourth-order valence-electron chi connectivity index (χ4n) is 2.48. The Morgan fingerprint density at radius 3 is 2.48 bits per heavy atom. The predicted molar refractivity (Wildman–Crippen MR) is 107 cm³/mol. The van der Waals surface area contributed by atoms with Gasteiger partial charge in [-0.25, -0.2) is 9.97 Å². The number of anilines is 3. The van der Waals surface area contributed by atoms with Crippen molar-refractivity contribution in [2.45, 2.75) is 26.9 Å². The molecule has 0 radical (unpaired) electrons. The SMILES string of the molecule is Cc1cccc(NC(=O)c2cnc(Nc3ccccc3OC(C)C)nc2)c1. The molecule has 0 saturated carbocycles. The smallest absolute Gasteiger partial charge is 0.258 e. The van der Waals surface area contributed by atoms with Gasteiger partial charge in [-0.2, -0.15) is 0 Å². The van der Waals surface area contributed by atoms with Gasteiger partial charge in [-0.3, -0.25) is 4.79 Å². The Hall–Kier alpha value is -3.41. The van der Waals surface area contributed by atoms with Crippen LogP contribution in [0.5, 0.6) is 5.75 Å². The summed E-state index contributed by atoms with van der Waals surface area (Å²) in [6.07, 6.45) is 3.04. The van der Waals surface area contributed by atoms with Crippen molar-refractivity contribution in [3.63, 3.8) is 0 Å². The summed E-state index contributed by atoms with van der Waals surface area (Å²) in [6, 6.07) is 15.2. The summed E-state index contributed by atoms with van der Waals surface area (Å²) >= 11 is 0. The van der Waals surface area contributed by atoms with E-state index < -0.39 is 0 Å². The Balaban J connectivity index is 1.70. The molecule has 0 unspecified atom stereocenters. The number of nitrogens with zero attached hydrogens (tertiary/aromatic N) is 2. The number of rotatable bonds is 6. The molecule has 27 heavy (non-hydrogen) atoms. The van der Waals surface area contributed by atoms with E-state index in [1.54, 1.807) is 0 Å². The van der Waals surface area contributed by atoms with E-state index >= 15 is 0 Å². The second-order valence-corrected chi connectivity index (χ2v) is 6.41. The average Bonchev–Trinajstić information content (AvgIpc) is 2.63. The first-order chi connectivity index (χ1) is 13.0. The lowest BCUT2D eigenvalue weighted by Gasteiger charge is -2.14. The van der Waals surface area contributed by atoms with E-state index in [1.165, 1.54) is 12.4 Å². The van der Waals surface area contributed by atoms with Gasteiger partial charge in [0.1, 0.15) is 5.75 Å². The van der Waals surface area contributed by atoms with Crippen LogP contribution in [0.3, 0.4) is 0 Å². The Morgan fingerprint density at radius 1 is 1.04 bits per heavy atom. The second-order valence-electron chi connectivity index (χ2n) is 6.41. The standard InChI is InChI=1S/C21H22N4O2/c1-14(2)27-19-10-5-4-9-18(19)25-21-22-12-16(13-23-21)20(26)24-17-8-6-7-15(3)11-17/h4-14H,1-3H3,(H,24,26)(H,22,23,25). The molecule has 0 aliphatic carbocycles. The van der Waals surface area contributed by atoms with Crippen LogP contribution in [-0.2, 0) is 0 Å². The lowest BCUT2D eigenvalue weighted by atomic mass is 10.2. The van der Waals surface area contributed by atoms with Crippen molar-refractivity contribution in [3.05, 3.63) is 72.1 Å². The van der Waals surface area contributed by atoms with Gasteiger partial charge in [-0.1, -0.05) is 24.3 Å². The Kier molecular flexibility index (Phi) is 5.66. The Labute approximate surface area is 158 Å². The van der Waals surface area contributed by atoms with Crippen LogP contribution in [0.2, 0.25) is 0 Å². The Morgan fingerprint density at radius 2 is 1.78 bits per heavy atom. The Bertz CT molecular complexity index is 923. The molecule has 0 saturated heterocycles. The maximum atomic E-state index is 12.3. The summed E-state index contributed by atoms with van der Waals surface area (Å²) in [5.74, 6) is 0.856. The molecule has 1 aromatic heterocycles. The minimum absolute atomic E-state index is 0.0570. The second kappa shape index (κ2) is 8.31. The van der Waals surface area contributed by atoms with E-state index in [2.05, 4.69) is 20.6 Å². The maximum Gasteiger partial charge on any atom is 0.258 e. The van der Waals surface area contributed by atoms with Crippen LogP contribution in [0.15, 0.2) is 60.9 Å². The molecule has 0 aliphatic rings. The predicted octanol–water partition coefficient (Wildman–Crippen LogP) is 4.57. The summed E-state index contributed by atoms with van der Waals surface area (Å²) in [7, 11) is 0. The van der Waals surface area contributed by atoms with E-state index in [9.17, 15) is 4.79 Å². The number of hydrogen-bond donors (Lipinski definition) is 2. The van der Waals surface area contributed by atoms with Crippen LogP contribution < -0.4 is 15.4 Å². The number of hydrogen-bond acceptors (Lipinski definition) is 5. The average molecular weight is 362 g/mol. The molecule has 0 spiro atoms. The largest absolute Gasteiger partial charge is 0.489 e. The first kappa shape index (κ1) is 18.4. The van der Waals surface area contributed by atoms with Crippen molar-refractivity contribution in [2.75, 3.05) is 10.6 Å². The number of aromatic nitrogens is 2. The third-order valence-corrected chi connectivity index (χ3v) is 3.69. The van der Waals surface area contributed by atoms with Gasteiger partial charge in [0.2, 0.25) is 5.95 Å². The topological polar surface area (TPSA) is 76.1 Å². The van der Waals surface area contributed by atoms with E-state index in [-0.39, 0.29) is 12.0 Å². The molecular formula is C21H22N4O2. The van der Waals surface area contributed by atoms with E-state index in [0.717, 1.165) is 22.7 Å². The number of para-hydroxylation sites is 2. The minimum Gasteiger partial charge on any atom is -0.489 e. The summed E-state index contributed by atoms with van der Waals surface area (Å²) in [5, 5.41) is 5.96. The lowest BCUT2D eigenvalue weighted by Crippen LogP contribution is -2.13. The molecule has 0 fully saturated rings. The van der Waals surface area contributed by atoms with Crippen molar-refractivity contribution < 1.29 is 9.53 Å². The molecule has 3 aromatic rings. The molecule has 138 valence electrons. The highest BCUT2D eigenvalue weighted by Gasteiger charge is 2.10. The van der Waals surface area contributed by atoms with Crippen molar-refractivity contribution in [1.29, 1.82) is 0 Å². The third kappa shape index (κ3) is 5.04. The molecular weight excluding hydrogens is 340 g/mol. The summed E-state index contributed by atoms with van der Waals surface area (Å²) in [4.78, 5) is 20.8. The highest BCUT2D eigenvalue weighted by atomic mass is 16.5. The molecule has 2 aromatic carbocycles. The minimum atomic E-state index is -0.254. The first-order valence-corrected chi connectivity index (χ1v) is 8.74. The molecule has 0 aliphatic heterocycles. The lowest BCUT2D eigenvalue weighted by molar-refractivity contribution is 0.102. The third-order valence-electron chi connectivity index (χ3n) is 3.69. The van der Waals surface area contributed by atoms with Gasteiger partial charge in [0.15, 0.2) is 0 Å². The number of aryl methyl sites for hydroxylation is 1. The number of nitrogens with one attached hydrogen (secondary N) is 2. The number of amides is 1. The van der Waals surface area contributed by atoms with Crippen molar-refractivity contribution in [3.8, 4) is 5.75 Å². The van der Waals surface area contributed by atoms with Crippen LogP contribution in [-0.4, -0.2) is 22.0 Å². The van der Waals surface area contributed by atoms with E-state index in [4.69, 9.17) is 4.74 Å². The number of ether oxygens (including phenoxy) is 1. The van der Waals surface area contributed by atoms with Gasteiger partial charge in [0.25, 0.3) is 5.91 Å². The summed E-state index contributed by atoms with van der Waals surface area (Å²) in [6.45, 7) is 5.91. The zero-order valence-corrected chi connectivity index (χ0v) is 15.6. The maximum absolute atomic E-state index is 12.3. The number of carbonyl (C=O) groups is 1. The first-order valence-electron chi connectivity index (χ1n) is 8.74. The zero-order valence-electron chi connectivity index (χ0n) is 15.6. The molecule has 2 N–H and O–H groups in total. The van der Waals surface area contributed by atoms with Gasteiger partial charge < -0.3 is 15.4 Å². The number of carbonyl (C=O) groups excluding carboxylic acids is 1. The fraction of sp³-hybridized carbons (Fsp3) is 0.190. The molecule has 0 bridgehead atoms. The summed E-state index contributed by atoms with van der Waals surface area (Å²) in [5.41, 5.74) is 2.96. The van der Waals surface area contributed by atoms with Crippen molar-refractivity contribution in [1.82, 2.24) is 9.97 Å². The summed E-state index contributed by atoms with van der Waals surface area (Å²) < 4.78 is 5.77. The van der Waals surface area contributed by atoms with Gasteiger partial charge in [0, 0.05) is 18.1 Å². The normalized spacial score (nSPS) is 10.5. The van der Waals surface area contributed by atoms with Crippen LogP contribution in [0, 0.1) is 6.92 Å². The number of benzene rings is 2. The van der Waals surface area contributed by atoms with Crippen LogP contribution in [0.1, 0.15) is 29.8 Å². The molecule has 6 nitrogen and oxygen atoms in total. The van der Waals surface area contributed by atoms with Crippen LogP contribution >= 0.6 is 0 Å². The highest BCUT2D eigenvalue weighted by Crippen LogP contribution is 2.26. The monoisotopic (exact) mass is 362 g/mol. The van der Waals surface area contributed by atoms with Crippen LogP contribution in [0.25, 0.3) is 0 Å². The van der Waals surface area contributed by atoms with Crippen molar-refractivity contribution >= 4 is 23.2 Å². The molecule has 6 heteroatoms. The quantitative estimate of drug-likeness (QED) is 0.672. The zero-order chi connectivity index (χ0) is 19.2. The highest BCUT2D eigenvalue weighted by molar-refractivity contribution is 6.03. The molecule has 1 amide bonds.